The SMILES string of the molecule is CC(C)(C)C(=O)Oc1cc(C(=O)c2ccccc2)cc([N+](=O)[O-])c1OC(=O)C(C)(C)C. The summed E-state index contributed by atoms with van der Waals surface area (Å²) in [5.41, 5.74) is -2.36. The third-order valence-electron chi connectivity index (χ3n) is 4.15. The van der Waals surface area contributed by atoms with E-state index >= 15 is 0 Å². The van der Waals surface area contributed by atoms with E-state index in [1.54, 1.807) is 71.9 Å². The maximum absolute atomic E-state index is 12.9. The van der Waals surface area contributed by atoms with Gasteiger partial charge >= 0.3 is 17.6 Å². The molecule has 0 aliphatic carbocycles. The highest BCUT2D eigenvalue weighted by Gasteiger charge is 2.33. The molecule has 0 radical (unpaired) electrons. The van der Waals surface area contributed by atoms with E-state index in [0.717, 1.165) is 6.07 Å². The van der Waals surface area contributed by atoms with Crippen LogP contribution in [0.1, 0.15) is 57.5 Å². The summed E-state index contributed by atoms with van der Waals surface area (Å²) in [5, 5.41) is 11.8. The number of benzene rings is 2. The molecule has 0 N–H and O–H groups in total. The molecule has 2 aromatic carbocycles. The normalized spacial score (nSPS) is 11.5. The predicted molar refractivity (Wildman–Crippen MR) is 113 cm³/mol. The lowest BCUT2D eigenvalue weighted by molar-refractivity contribution is -0.385. The van der Waals surface area contributed by atoms with Crippen molar-refractivity contribution in [2.24, 2.45) is 10.8 Å². The molecule has 2 rings (SSSR count). The van der Waals surface area contributed by atoms with E-state index in [1.165, 1.54) is 6.07 Å². The Bertz CT molecular complexity index is 1030. The average molecular weight is 427 g/mol. The summed E-state index contributed by atoms with van der Waals surface area (Å²) in [4.78, 5) is 48.8. The molecule has 8 heteroatoms. The number of nitro groups is 1. The highest BCUT2D eigenvalue weighted by Crippen LogP contribution is 2.41. The summed E-state index contributed by atoms with van der Waals surface area (Å²) >= 11 is 0. The van der Waals surface area contributed by atoms with E-state index in [1.807, 2.05) is 0 Å². The van der Waals surface area contributed by atoms with Gasteiger partial charge in [0, 0.05) is 17.2 Å². The highest BCUT2D eigenvalue weighted by atomic mass is 16.6. The third-order valence-corrected chi connectivity index (χ3v) is 4.15. The van der Waals surface area contributed by atoms with Gasteiger partial charge in [0.25, 0.3) is 5.75 Å². The van der Waals surface area contributed by atoms with E-state index in [0.29, 0.717) is 5.56 Å². The second kappa shape index (κ2) is 8.67. The summed E-state index contributed by atoms with van der Waals surface area (Å²) in [5.74, 6) is -2.87. The van der Waals surface area contributed by atoms with Crippen molar-refractivity contribution >= 4 is 23.4 Å². The lowest BCUT2D eigenvalue weighted by Crippen LogP contribution is -2.28. The molecule has 2 aromatic rings. The molecule has 0 heterocycles. The van der Waals surface area contributed by atoms with Gasteiger partial charge < -0.3 is 9.47 Å². The van der Waals surface area contributed by atoms with Gasteiger partial charge in [-0.3, -0.25) is 24.5 Å². The zero-order valence-corrected chi connectivity index (χ0v) is 18.3. The van der Waals surface area contributed by atoms with Crippen LogP contribution in [0.25, 0.3) is 0 Å². The Kier molecular flexibility index (Phi) is 6.64. The van der Waals surface area contributed by atoms with Crippen molar-refractivity contribution in [2.75, 3.05) is 0 Å². The number of esters is 2. The van der Waals surface area contributed by atoms with Crippen LogP contribution in [0.4, 0.5) is 5.69 Å². The van der Waals surface area contributed by atoms with Crippen LogP contribution in [-0.2, 0) is 9.59 Å². The zero-order valence-electron chi connectivity index (χ0n) is 18.3. The minimum absolute atomic E-state index is 0.0785. The van der Waals surface area contributed by atoms with Crippen LogP contribution in [0.2, 0.25) is 0 Å². The Morgan fingerprint density at radius 2 is 1.32 bits per heavy atom. The van der Waals surface area contributed by atoms with Gasteiger partial charge in [-0.2, -0.15) is 0 Å². The van der Waals surface area contributed by atoms with Crippen molar-refractivity contribution in [2.45, 2.75) is 41.5 Å². The first-order chi connectivity index (χ1) is 14.2. The fourth-order valence-corrected chi connectivity index (χ4v) is 2.29. The lowest BCUT2D eigenvalue weighted by Gasteiger charge is -2.20. The Labute approximate surface area is 180 Å². The smallest absolute Gasteiger partial charge is 0.316 e. The van der Waals surface area contributed by atoms with Crippen molar-refractivity contribution in [3.8, 4) is 11.5 Å². The van der Waals surface area contributed by atoms with Gasteiger partial charge in [0.05, 0.1) is 15.8 Å². The van der Waals surface area contributed by atoms with E-state index in [2.05, 4.69) is 0 Å². The van der Waals surface area contributed by atoms with Gasteiger partial charge in [-0.25, -0.2) is 0 Å². The fraction of sp³-hybridized carbons (Fsp3) is 0.348. The van der Waals surface area contributed by atoms with Crippen LogP contribution < -0.4 is 9.47 Å². The predicted octanol–water partition coefficient (Wildman–Crippen LogP) is 4.73. The summed E-state index contributed by atoms with van der Waals surface area (Å²) in [6.45, 7) is 9.54. The molecule has 0 fully saturated rings. The van der Waals surface area contributed by atoms with Gasteiger partial charge in [0.1, 0.15) is 0 Å². The molecule has 0 bridgehead atoms. The quantitative estimate of drug-likeness (QED) is 0.223. The van der Waals surface area contributed by atoms with E-state index in [9.17, 15) is 24.5 Å². The van der Waals surface area contributed by atoms with Gasteiger partial charge in [0.15, 0.2) is 11.5 Å². The largest absolute Gasteiger partial charge is 0.422 e. The van der Waals surface area contributed by atoms with Gasteiger partial charge in [-0.15, -0.1) is 0 Å². The van der Waals surface area contributed by atoms with Crippen molar-refractivity contribution in [3.05, 3.63) is 63.7 Å². The summed E-state index contributed by atoms with van der Waals surface area (Å²) < 4.78 is 10.7. The molecule has 0 saturated heterocycles. The zero-order chi connectivity index (χ0) is 23.6. The van der Waals surface area contributed by atoms with Crippen molar-refractivity contribution in [1.29, 1.82) is 0 Å². The first kappa shape index (κ1) is 23.7. The minimum atomic E-state index is -0.974. The first-order valence-electron chi connectivity index (χ1n) is 9.58. The Morgan fingerprint density at radius 1 is 0.806 bits per heavy atom. The topological polar surface area (TPSA) is 113 Å². The van der Waals surface area contributed by atoms with Crippen molar-refractivity contribution in [1.82, 2.24) is 0 Å². The van der Waals surface area contributed by atoms with Crippen LogP contribution >= 0.6 is 0 Å². The number of hydrogen-bond acceptors (Lipinski definition) is 7. The molecular weight excluding hydrogens is 402 g/mol. The first-order valence-corrected chi connectivity index (χ1v) is 9.58. The molecule has 164 valence electrons. The number of nitro benzene ring substituents is 1. The molecule has 0 amide bonds. The molecule has 0 aliphatic heterocycles. The van der Waals surface area contributed by atoms with E-state index in [4.69, 9.17) is 9.47 Å². The Balaban J connectivity index is 2.69. The van der Waals surface area contributed by atoms with Crippen molar-refractivity contribution < 1.29 is 28.8 Å². The molecule has 0 atom stereocenters. The molecule has 0 unspecified atom stereocenters. The Hall–Kier alpha value is -3.55. The number of rotatable bonds is 5. The van der Waals surface area contributed by atoms with Gasteiger partial charge in [0.2, 0.25) is 0 Å². The van der Waals surface area contributed by atoms with E-state index in [-0.39, 0.29) is 11.3 Å². The minimum Gasteiger partial charge on any atom is -0.422 e. The number of hydrogen-bond donors (Lipinski definition) is 0. The summed E-state index contributed by atoms with van der Waals surface area (Å²) in [6.07, 6.45) is 0. The number of nitrogens with zero attached hydrogens (tertiary/aromatic N) is 1. The monoisotopic (exact) mass is 427 g/mol. The lowest BCUT2D eigenvalue weighted by atomic mass is 9.97. The standard InChI is InChI=1S/C23H25NO7/c1-22(2,3)20(26)30-17-13-15(18(25)14-10-8-7-9-11-14)12-16(24(28)29)19(17)31-21(27)23(4,5)6/h7-13H,1-6H3. The average Bonchev–Trinajstić information content (AvgIpc) is 2.67. The Morgan fingerprint density at radius 3 is 1.81 bits per heavy atom. The van der Waals surface area contributed by atoms with Crippen LogP contribution in [-0.4, -0.2) is 22.6 Å². The van der Waals surface area contributed by atoms with E-state index < -0.39 is 44.9 Å². The van der Waals surface area contributed by atoms with Crippen LogP contribution in [0.3, 0.4) is 0 Å². The number of carbonyl (C=O) groups excluding carboxylic acids is 3. The third kappa shape index (κ3) is 5.75. The van der Waals surface area contributed by atoms with Gasteiger partial charge in [-0.1, -0.05) is 30.3 Å². The summed E-state index contributed by atoms with van der Waals surface area (Å²) in [7, 11) is 0. The molecule has 0 aromatic heterocycles. The molecule has 31 heavy (non-hydrogen) atoms. The number of ether oxygens (including phenoxy) is 2. The molecule has 0 spiro atoms. The highest BCUT2D eigenvalue weighted by molar-refractivity contribution is 6.10. The second-order valence-electron chi connectivity index (χ2n) is 9.05. The molecular formula is C23H25NO7. The van der Waals surface area contributed by atoms with Gasteiger partial charge in [-0.05, 0) is 47.6 Å². The molecule has 8 nitrogen and oxygen atoms in total. The number of ketones is 1. The maximum Gasteiger partial charge on any atom is 0.316 e. The molecule has 0 saturated carbocycles. The molecule has 0 aliphatic rings. The summed E-state index contributed by atoms with van der Waals surface area (Å²) in [6, 6.07) is 10.3. The fourth-order valence-electron chi connectivity index (χ4n) is 2.29. The number of carbonyl (C=O) groups is 3. The van der Waals surface area contributed by atoms with Crippen LogP contribution in [0.5, 0.6) is 11.5 Å². The maximum atomic E-state index is 12.9. The van der Waals surface area contributed by atoms with Crippen LogP contribution in [0.15, 0.2) is 42.5 Å². The van der Waals surface area contributed by atoms with Crippen molar-refractivity contribution in [3.63, 3.8) is 0 Å². The van der Waals surface area contributed by atoms with Crippen LogP contribution in [0, 0.1) is 20.9 Å². The second-order valence-corrected chi connectivity index (χ2v) is 9.05.